The van der Waals surface area contributed by atoms with Crippen molar-refractivity contribution in [2.45, 2.75) is 19.8 Å². The second-order valence-electron chi connectivity index (χ2n) is 2.90. The summed E-state index contributed by atoms with van der Waals surface area (Å²) in [4.78, 5) is 23.6. The molecule has 70 valence electrons. The third kappa shape index (κ3) is 2.43. The van der Waals surface area contributed by atoms with Gasteiger partial charge in [0.05, 0.1) is 5.69 Å². The first-order valence-corrected chi connectivity index (χ1v) is 3.99. The Morgan fingerprint density at radius 3 is 2.92 bits per heavy atom. The van der Waals surface area contributed by atoms with Crippen LogP contribution in [0.2, 0.25) is 0 Å². The molecule has 0 aromatic carbocycles. The number of aliphatic carboxylic acids is 1. The molecule has 0 saturated carbocycles. The van der Waals surface area contributed by atoms with Gasteiger partial charge in [-0.05, 0) is 25.0 Å². The van der Waals surface area contributed by atoms with Gasteiger partial charge in [0.1, 0.15) is 0 Å². The minimum atomic E-state index is -0.851. The van der Waals surface area contributed by atoms with Crippen LogP contribution in [0.15, 0.2) is 6.07 Å². The van der Waals surface area contributed by atoms with E-state index in [9.17, 15) is 9.59 Å². The minimum absolute atomic E-state index is 0.0537. The highest BCUT2D eigenvalue weighted by Gasteiger charge is 2.06. The lowest BCUT2D eigenvalue weighted by Gasteiger charge is -1.94. The number of aryl methyl sites for hydroxylation is 2. The topological polar surface area (TPSA) is 70.2 Å². The van der Waals surface area contributed by atoms with Crippen LogP contribution in [0.5, 0.6) is 0 Å². The number of carbonyl (C=O) groups is 2. The van der Waals surface area contributed by atoms with Crippen LogP contribution < -0.4 is 0 Å². The van der Waals surface area contributed by atoms with E-state index in [2.05, 4.69) is 4.98 Å². The number of aldehydes is 1. The molecule has 0 fully saturated rings. The zero-order valence-corrected chi connectivity index (χ0v) is 7.33. The Kier molecular flexibility index (Phi) is 2.84. The SMILES string of the molecule is Cc1cc(CCC(=O)O)c(C=O)[nH]1. The van der Waals surface area contributed by atoms with Crippen LogP contribution in [0.1, 0.15) is 28.2 Å². The molecule has 4 nitrogen and oxygen atoms in total. The standard InChI is InChI=1S/C9H11NO3/c1-6-4-7(2-3-9(12)13)8(5-11)10-6/h4-5,10H,2-3H2,1H3,(H,12,13). The number of nitrogens with one attached hydrogen (secondary N) is 1. The molecule has 13 heavy (non-hydrogen) atoms. The maximum absolute atomic E-state index is 10.5. The summed E-state index contributed by atoms with van der Waals surface area (Å²) in [5.74, 6) is -0.851. The van der Waals surface area contributed by atoms with Crippen LogP contribution in [0.3, 0.4) is 0 Å². The number of carboxylic acid groups (broad SMARTS) is 1. The van der Waals surface area contributed by atoms with E-state index in [1.807, 2.05) is 6.92 Å². The Morgan fingerprint density at radius 2 is 2.38 bits per heavy atom. The number of hydrogen-bond donors (Lipinski definition) is 2. The van der Waals surface area contributed by atoms with Gasteiger partial charge in [0.15, 0.2) is 6.29 Å². The van der Waals surface area contributed by atoms with Crippen molar-refractivity contribution in [1.82, 2.24) is 4.98 Å². The van der Waals surface area contributed by atoms with Gasteiger partial charge in [-0.1, -0.05) is 0 Å². The molecule has 1 aromatic rings. The van der Waals surface area contributed by atoms with Gasteiger partial charge in [-0.25, -0.2) is 0 Å². The predicted octanol–water partition coefficient (Wildman–Crippen LogP) is 1.15. The normalized spacial score (nSPS) is 9.92. The van der Waals surface area contributed by atoms with Gasteiger partial charge in [0, 0.05) is 12.1 Å². The van der Waals surface area contributed by atoms with E-state index < -0.39 is 5.97 Å². The van der Waals surface area contributed by atoms with E-state index in [4.69, 9.17) is 5.11 Å². The van der Waals surface area contributed by atoms with Crippen molar-refractivity contribution < 1.29 is 14.7 Å². The highest BCUT2D eigenvalue weighted by atomic mass is 16.4. The van der Waals surface area contributed by atoms with E-state index in [0.717, 1.165) is 11.3 Å². The van der Waals surface area contributed by atoms with E-state index in [-0.39, 0.29) is 6.42 Å². The Bertz CT molecular complexity index is 328. The summed E-state index contributed by atoms with van der Waals surface area (Å²) in [7, 11) is 0. The largest absolute Gasteiger partial charge is 0.481 e. The summed E-state index contributed by atoms with van der Waals surface area (Å²) in [6.45, 7) is 1.83. The summed E-state index contributed by atoms with van der Waals surface area (Å²) in [5.41, 5.74) is 2.14. The first kappa shape index (κ1) is 9.51. The quantitative estimate of drug-likeness (QED) is 0.684. The molecule has 1 heterocycles. The van der Waals surface area contributed by atoms with Gasteiger partial charge < -0.3 is 10.1 Å². The van der Waals surface area contributed by atoms with Crippen LogP contribution in [0.25, 0.3) is 0 Å². The molecule has 0 amide bonds. The van der Waals surface area contributed by atoms with Crippen molar-refractivity contribution in [3.63, 3.8) is 0 Å². The second-order valence-corrected chi connectivity index (χ2v) is 2.90. The average Bonchev–Trinajstić information content (AvgIpc) is 2.42. The van der Waals surface area contributed by atoms with Gasteiger partial charge in [-0.15, -0.1) is 0 Å². The number of aromatic nitrogens is 1. The fraction of sp³-hybridized carbons (Fsp3) is 0.333. The molecule has 1 rings (SSSR count). The Labute approximate surface area is 75.6 Å². The molecule has 4 heteroatoms. The van der Waals surface area contributed by atoms with Crippen LogP contribution in [0.4, 0.5) is 0 Å². The molecule has 0 spiro atoms. The lowest BCUT2D eigenvalue weighted by Crippen LogP contribution is -1.98. The molecule has 0 unspecified atom stereocenters. The van der Waals surface area contributed by atoms with Gasteiger partial charge in [0.25, 0.3) is 0 Å². The molecule has 0 atom stereocenters. The lowest BCUT2D eigenvalue weighted by atomic mass is 10.1. The maximum Gasteiger partial charge on any atom is 0.303 e. The summed E-state index contributed by atoms with van der Waals surface area (Å²) in [6.07, 6.45) is 1.16. The van der Waals surface area contributed by atoms with Crippen LogP contribution in [-0.2, 0) is 11.2 Å². The van der Waals surface area contributed by atoms with Crippen molar-refractivity contribution in [2.24, 2.45) is 0 Å². The number of rotatable bonds is 4. The Balaban J connectivity index is 2.74. The molecular formula is C9H11NO3. The summed E-state index contributed by atoms with van der Waals surface area (Å²) < 4.78 is 0. The molecule has 0 aliphatic carbocycles. The smallest absolute Gasteiger partial charge is 0.303 e. The fourth-order valence-corrected chi connectivity index (χ4v) is 1.22. The maximum atomic E-state index is 10.5. The summed E-state index contributed by atoms with van der Waals surface area (Å²) in [6, 6.07) is 1.80. The van der Waals surface area contributed by atoms with E-state index >= 15 is 0 Å². The first-order chi connectivity index (χ1) is 6.13. The molecule has 0 saturated heterocycles. The van der Waals surface area contributed by atoms with Crippen molar-refractivity contribution in [2.75, 3.05) is 0 Å². The van der Waals surface area contributed by atoms with Crippen LogP contribution in [0, 0.1) is 6.92 Å². The molecule has 1 aromatic heterocycles. The van der Waals surface area contributed by atoms with E-state index in [1.54, 1.807) is 6.07 Å². The van der Waals surface area contributed by atoms with Crippen LogP contribution >= 0.6 is 0 Å². The third-order valence-corrected chi connectivity index (χ3v) is 1.79. The average molecular weight is 181 g/mol. The molecule has 0 bridgehead atoms. The van der Waals surface area contributed by atoms with Crippen LogP contribution in [-0.4, -0.2) is 22.3 Å². The lowest BCUT2D eigenvalue weighted by molar-refractivity contribution is -0.136. The van der Waals surface area contributed by atoms with Gasteiger partial charge >= 0.3 is 5.97 Å². The van der Waals surface area contributed by atoms with Gasteiger partial charge in [0.2, 0.25) is 0 Å². The number of carbonyl (C=O) groups excluding carboxylic acids is 1. The van der Waals surface area contributed by atoms with Crippen molar-refractivity contribution >= 4 is 12.3 Å². The van der Waals surface area contributed by atoms with Crippen molar-refractivity contribution in [3.8, 4) is 0 Å². The Hall–Kier alpha value is -1.58. The fourth-order valence-electron chi connectivity index (χ4n) is 1.22. The first-order valence-electron chi connectivity index (χ1n) is 3.99. The number of H-pyrrole nitrogens is 1. The van der Waals surface area contributed by atoms with Crippen molar-refractivity contribution in [3.05, 3.63) is 23.0 Å². The molecule has 2 N–H and O–H groups in total. The second kappa shape index (κ2) is 3.89. The predicted molar refractivity (Wildman–Crippen MR) is 46.9 cm³/mol. The zero-order chi connectivity index (χ0) is 9.84. The summed E-state index contributed by atoms with van der Waals surface area (Å²) in [5, 5.41) is 8.45. The minimum Gasteiger partial charge on any atom is -0.481 e. The molecule has 0 radical (unpaired) electrons. The molecular weight excluding hydrogens is 170 g/mol. The highest BCUT2D eigenvalue weighted by Crippen LogP contribution is 2.10. The monoisotopic (exact) mass is 181 g/mol. The number of aromatic amines is 1. The van der Waals surface area contributed by atoms with Crippen molar-refractivity contribution in [1.29, 1.82) is 0 Å². The van der Waals surface area contributed by atoms with E-state index in [1.165, 1.54) is 0 Å². The number of hydrogen-bond acceptors (Lipinski definition) is 2. The highest BCUT2D eigenvalue weighted by molar-refractivity contribution is 5.75. The zero-order valence-electron chi connectivity index (χ0n) is 7.33. The van der Waals surface area contributed by atoms with Gasteiger partial charge in [-0.2, -0.15) is 0 Å². The Morgan fingerprint density at radius 1 is 1.69 bits per heavy atom. The molecule has 0 aliphatic heterocycles. The van der Waals surface area contributed by atoms with Gasteiger partial charge in [-0.3, -0.25) is 9.59 Å². The third-order valence-electron chi connectivity index (χ3n) is 1.79. The number of carboxylic acids is 1. The van der Waals surface area contributed by atoms with E-state index in [0.29, 0.717) is 18.4 Å². The summed E-state index contributed by atoms with van der Waals surface area (Å²) >= 11 is 0. The molecule has 0 aliphatic rings.